The van der Waals surface area contributed by atoms with E-state index in [1.165, 1.54) is 6.20 Å². The molecule has 3 heteroatoms. The predicted octanol–water partition coefficient (Wildman–Crippen LogP) is 0.819. The molecule has 0 amide bonds. The second kappa shape index (κ2) is 1.86. The molecule has 0 aliphatic carbocycles. The van der Waals surface area contributed by atoms with Crippen LogP contribution < -0.4 is 5.73 Å². The van der Waals surface area contributed by atoms with Gasteiger partial charge < -0.3 is 10.3 Å². The van der Waals surface area contributed by atoms with Gasteiger partial charge in [-0.05, 0) is 0 Å². The van der Waals surface area contributed by atoms with Crippen LogP contribution in [-0.4, -0.2) is 5.16 Å². The molecule has 0 saturated heterocycles. The lowest BCUT2D eigenvalue weighted by molar-refractivity contribution is 0.387. The molecule has 3 nitrogen and oxygen atoms in total. The summed E-state index contributed by atoms with van der Waals surface area (Å²) >= 11 is 0. The second-order valence-corrected chi connectivity index (χ2v) is 1.56. The van der Waals surface area contributed by atoms with E-state index in [1.54, 1.807) is 0 Å². The van der Waals surface area contributed by atoms with E-state index in [-0.39, 0.29) is 0 Å². The maximum Gasteiger partial charge on any atom is 0.159 e. The highest BCUT2D eigenvalue weighted by molar-refractivity contribution is 5.37. The summed E-state index contributed by atoms with van der Waals surface area (Å²) in [6, 6.07) is 0. The van der Waals surface area contributed by atoms with Crippen LogP contribution in [0.3, 0.4) is 0 Å². The number of rotatable bonds is 1. The maximum atomic E-state index is 5.39. The van der Waals surface area contributed by atoms with E-state index in [0.717, 1.165) is 12.2 Å². The van der Waals surface area contributed by atoms with E-state index in [9.17, 15) is 0 Å². The predicted molar refractivity (Wildman–Crippen MR) is 30.3 cm³/mol. The summed E-state index contributed by atoms with van der Waals surface area (Å²) in [6.07, 6.45) is 2.32. The van der Waals surface area contributed by atoms with E-state index >= 15 is 0 Å². The molecule has 0 atom stereocenters. The Morgan fingerprint density at radius 1 is 1.88 bits per heavy atom. The summed E-state index contributed by atoms with van der Waals surface area (Å²) in [5.74, 6) is 0.769. The largest absolute Gasteiger partial charge is 0.395 e. The molecule has 8 heavy (non-hydrogen) atoms. The smallest absolute Gasteiger partial charge is 0.159 e. The Hall–Kier alpha value is -0.990. The number of nitrogens with zero attached hydrogens (tertiary/aromatic N) is 1. The highest BCUT2D eigenvalue weighted by Crippen LogP contribution is 2.08. The number of aryl methyl sites for hydroxylation is 1. The number of nitrogen functional groups attached to an aromatic ring is 1. The molecule has 0 unspecified atom stereocenters. The fourth-order valence-electron chi connectivity index (χ4n) is 0.540. The number of aromatic nitrogens is 1. The first-order chi connectivity index (χ1) is 3.84. The van der Waals surface area contributed by atoms with Gasteiger partial charge in [0.1, 0.15) is 0 Å². The summed E-state index contributed by atoms with van der Waals surface area (Å²) < 4.78 is 4.74. The van der Waals surface area contributed by atoms with Crippen molar-refractivity contribution in [1.29, 1.82) is 0 Å². The van der Waals surface area contributed by atoms with Gasteiger partial charge in [-0.1, -0.05) is 12.1 Å². The second-order valence-electron chi connectivity index (χ2n) is 1.56. The first kappa shape index (κ1) is 5.15. The Labute approximate surface area is 47.5 Å². The molecule has 0 saturated carbocycles. The van der Waals surface area contributed by atoms with Gasteiger partial charge in [-0.2, -0.15) is 0 Å². The Bertz CT molecular complexity index is 171. The summed E-state index contributed by atoms with van der Waals surface area (Å²) in [5.41, 5.74) is 6.04. The van der Waals surface area contributed by atoms with Gasteiger partial charge in [0, 0.05) is 6.42 Å². The molecule has 2 N–H and O–H groups in total. The summed E-state index contributed by atoms with van der Waals surface area (Å²) in [6.45, 7) is 1.97. The first-order valence-corrected chi connectivity index (χ1v) is 2.53. The van der Waals surface area contributed by atoms with Crippen molar-refractivity contribution < 1.29 is 4.52 Å². The summed E-state index contributed by atoms with van der Waals surface area (Å²) in [5, 5.41) is 3.49. The van der Waals surface area contributed by atoms with E-state index in [2.05, 4.69) is 5.16 Å². The van der Waals surface area contributed by atoms with Crippen LogP contribution in [0.5, 0.6) is 0 Å². The molecule has 1 aromatic rings. The van der Waals surface area contributed by atoms with Crippen LogP contribution in [0.4, 0.5) is 5.69 Å². The van der Waals surface area contributed by atoms with E-state index in [4.69, 9.17) is 10.3 Å². The molecule has 0 aromatic carbocycles. The minimum Gasteiger partial charge on any atom is -0.395 e. The van der Waals surface area contributed by atoms with Crippen LogP contribution in [0.15, 0.2) is 10.7 Å². The molecule has 0 aliphatic rings. The van der Waals surface area contributed by atoms with Crippen molar-refractivity contribution in [1.82, 2.24) is 5.16 Å². The Kier molecular flexibility index (Phi) is 1.20. The van der Waals surface area contributed by atoms with Crippen molar-refractivity contribution >= 4 is 5.69 Å². The lowest BCUT2D eigenvalue weighted by Crippen LogP contribution is -1.85. The SMILES string of the molecule is CCc1oncc1N. The minimum atomic E-state index is 0.646. The highest BCUT2D eigenvalue weighted by Gasteiger charge is 1.97. The zero-order valence-electron chi connectivity index (χ0n) is 4.72. The zero-order chi connectivity index (χ0) is 5.98. The first-order valence-electron chi connectivity index (χ1n) is 2.53. The molecule has 0 bridgehead atoms. The summed E-state index contributed by atoms with van der Waals surface area (Å²) in [4.78, 5) is 0. The number of anilines is 1. The lowest BCUT2D eigenvalue weighted by atomic mass is 10.3. The third kappa shape index (κ3) is 0.665. The molecule has 1 heterocycles. The molecule has 0 aliphatic heterocycles. The standard InChI is InChI=1S/C5H8N2O/c1-2-5-4(6)3-7-8-5/h3H,2,6H2,1H3. The Morgan fingerprint density at radius 3 is 2.88 bits per heavy atom. The van der Waals surface area contributed by atoms with Crippen molar-refractivity contribution in [2.24, 2.45) is 0 Å². The number of hydrogen-bond acceptors (Lipinski definition) is 3. The van der Waals surface area contributed by atoms with Crippen LogP contribution in [0, 0.1) is 0 Å². The maximum absolute atomic E-state index is 5.39. The van der Waals surface area contributed by atoms with Crippen molar-refractivity contribution in [2.45, 2.75) is 13.3 Å². The molecule has 1 rings (SSSR count). The lowest BCUT2D eigenvalue weighted by Gasteiger charge is -1.84. The van der Waals surface area contributed by atoms with Gasteiger partial charge in [-0.15, -0.1) is 0 Å². The molecule has 0 radical (unpaired) electrons. The van der Waals surface area contributed by atoms with E-state index in [1.807, 2.05) is 6.92 Å². The zero-order valence-corrected chi connectivity index (χ0v) is 4.72. The fourth-order valence-corrected chi connectivity index (χ4v) is 0.540. The van der Waals surface area contributed by atoms with Gasteiger partial charge in [0.05, 0.1) is 11.9 Å². The third-order valence-corrected chi connectivity index (χ3v) is 0.998. The quantitative estimate of drug-likeness (QED) is 0.585. The Morgan fingerprint density at radius 2 is 2.62 bits per heavy atom. The minimum absolute atomic E-state index is 0.646. The normalized spacial score (nSPS) is 9.62. The van der Waals surface area contributed by atoms with Crippen molar-refractivity contribution in [3.05, 3.63) is 12.0 Å². The van der Waals surface area contributed by atoms with Crippen LogP contribution in [0.2, 0.25) is 0 Å². The van der Waals surface area contributed by atoms with Crippen molar-refractivity contribution in [3.63, 3.8) is 0 Å². The van der Waals surface area contributed by atoms with Crippen LogP contribution in [0.25, 0.3) is 0 Å². The van der Waals surface area contributed by atoms with Gasteiger partial charge in [0.25, 0.3) is 0 Å². The molecule has 44 valence electrons. The molecule has 0 fully saturated rings. The monoisotopic (exact) mass is 112 g/mol. The van der Waals surface area contributed by atoms with Gasteiger partial charge in [-0.25, -0.2) is 0 Å². The molecular formula is C5H8N2O. The molecule has 1 aromatic heterocycles. The average molecular weight is 112 g/mol. The highest BCUT2D eigenvalue weighted by atomic mass is 16.5. The van der Waals surface area contributed by atoms with Crippen LogP contribution in [-0.2, 0) is 6.42 Å². The van der Waals surface area contributed by atoms with Crippen molar-refractivity contribution in [2.75, 3.05) is 5.73 Å². The van der Waals surface area contributed by atoms with E-state index < -0.39 is 0 Å². The van der Waals surface area contributed by atoms with Gasteiger partial charge in [0.2, 0.25) is 0 Å². The van der Waals surface area contributed by atoms with E-state index in [0.29, 0.717) is 5.69 Å². The van der Waals surface area contributed by atoms with Gasteiger partial charge in [-0.3, -0.25) is 0 Å². The number of hydrogen-bond donors (Lipinski definition) is 1. The Balaban J connectivity index is 2.92. The van der Waals surface area contributed by atoms with Gasteiger partial charge >= 0.3 is 0 Å². The molecular weight excluding hydrogens is 104 g/mol. The number of nitrogens with two attached hydrogens (primary N) is 1. The topological polar surface area (TPSA) is 52.0 Å². The van der Waals surface area contributed by atoms with Gasteiger partial charge in [0.15, 0.2) is 5.76 Å². The molecule has 0 spiro atoms. The fraction of sp³-hybridized carbons (Fsp3) is 0.400. The van der Waals surface area contributed by atoms with Crippen LogP contribution in [0.1, 0.15) is 12.7 Å². The third-order valence-electron chi connectivity index (χ3n) is 0.998. The van der Waals surface area contributed by atoms with Crippen LogP contribution >= 0.6 is 0 Å². The summed E-state index contributed by atoms with van der Waals surface area (Å²) in [7, 11) is 0. The average Bonchev–Trinajstić information content (AvgIpc) is 2.14. The van der Waals surface area contributed by atoms with Crippen molar-refractivity contribution in [3.8, 4) is 0 Å².